The third-order valence-corrected chi connectivity index (χ3v) is 4.27. The van der Waals surface area contributed by atoms with Gasteiger partial charge in [-0.05, 0) is 45.8 Å². The largest absolute Gasteiger partial charge is 0.467 e. The first-order valence-corrected chi connectivity index (χ1v) is 8.39. The van der Waals surface area contributed by atoms with Crippen LogP contribution in [-0.4, -0.2) is 12.5 Å². The van der Waals surface area contributed by atoms with E-state index >= 15 is 0 Å². The first kappa shape index (κ1) is 16.5. The smallest absolute Gasteiger partial charge is 0.238 e. The Labute approximate surface area is 149 Å². The molecule has 1 aromatic heterocycles. The lowest BCUT2D eigenvalue weighted by atomic mass is 10.0. The quantitative estimate of drug-likeness (QED) is 0.663. The Bertz CT molecular complexity index is 788. The van der Waals surface area contributed by atoms with Crippen molar-refractivity contribution >= 4 is 27.5 Å². The minimum Gasteiger partial charge on any atom is -0.467 e. The molecule has 122 valence electrons. The number of halogens is 1. The minimum absolute atomic E-state index is 0.116. The van der Waals surface area contributed by atoms with Crippen LogP contribution in [0.1, 0.15) is 17.4 Å². The van der Waals surface area contributed by atoms with Crippen LogP contribution in [0, 0.1) is 0 Å². The number of furan rings is 1. The number of amides is 1. The van der Waals surface area contributed by atoms with E-state index in [2.05, 4.69) is 26.6 Å². The molecule has 0 fully saturated rings. The first-order valence-electron chi connectivity index (χ1n) is 7.60. The summed E-state index contributed by atoms with van der Waals surface area (Å²) in [6, 6.07) is 21.0. The number of hydrogen-bond donors (Lipinski definition) is 2. The fourth-order valence-electron chi connectivity index (χ4n) is 2.44. The molecule has 0 saturated carbocycles. The number of para-hydroxylation sites is 1. The van der Waals surface area contributed by atoms with E-state index in [9.17, 15) is 4.79 Å². The van der Waals surface area contributed by atoms with Crippen LogP contribution in [0.15, 0.2) is 81.9 Å². The Hall–Kier alpha value is -2.37. The number of nitrogens with one attached hydrogen (secondary N) is 2. The monoisotopic (exact) mass is 384 g/mol. The average molecular weight is 385 g/mol. The van der Waals surface area contributed by atoms with Crippen molar-refractivity contribution in [3.05, 3.63) is 88.8 Å². The molecule has 5 heteroatoms. The van der Waals surface area contributed by atoms with Gasteiger partial charge in [-0.15, -0.1) is 0 Å². The van der Waals surface area contributed by atoms with Crippen LogP contribution in [-0.2, 0) is 4.79 Å². The molecular weight excluding hydrogens is 368 g/mol. The lowest BCUT2D eigenvalue weighted by Gasteiger charge is -2.17. The van der Waals surface area contributed by atoms with Crippen molar-refractivity contribution in [2.45, 2.75) is 6.04 Å². The van der Waals surface area contributed by atoms with Crippen LogP contribution in [0.4, 0.5) is 5.69 Å². The minimum atomic E-state index is -0.175. The summed E-state index contributed by atoms with van der Waals surface area (Å²) in [4.78, 5) is 12.2. The van der Waals surface area contributed by atoms with Crippen molar-refractivity contribution in [1.82, 2.24) is 5.32 Å². The van der Waals surface area contributed by atoms with Gasteiger partial charge in [0.05, 0.1) is 24.5 Å². The van der Waals surface area contributed by atoms with Crippen molar-refractivity contribution in [1.29, 1.82) is 0 Å². The Morgan fingerprint density at radius 3 is 2.46 bits per heavy atom. The van der Waals surface area contributed by atoms with Gasteiger partial charge in [0.15, 0.2) is 0 Å². The molecule has 1 amide bonds. The average Bonchev–Trinajstić information content (AvgIpc) is 3.12. The summed E-state index contributed by atoms with van der Waals surface area (Å²) in [5, 5.41) is 6.14. The van der Waals surface area contributed by atoms with Crippen molar-refractivity contribution in [3.63, 3.8) is 0 Å². The van der Waals surface area contributed by atoms with Crippen LogP contribution in [0.5, 0.6) is 0 Å². The summed E-state index contributed by atoms with van der Waals surface area (Å²) < 4.78 is 6.37. The van der Waals surface area contributed by atoms with E-state index in [0.29, 0.717) is 0 Å². The Morgan fingerprint density at radius 1 is 1.00 bits per heavy atom. The standard InChI is InChI=1S/C19H17BrN2O2/c20-15-9-4-5-10-16(15)22-18(23)13-21-19(17-11-6-12-24-17)14-7-2-1-3-8-14/h1-12,19,21H,13H2,(H,22,23)/t19-/m1/s1. The fourth-order valence-corrected chi connectivity index (χ4v) is 2.82. The zero-order chi connectivity index (χ0) is 16.8. The molecule has 2 N–H and O–H groups in total. The van der Waals surface area contributed by atoms with Crippen molar-refractivity contribution < 1.29 is 9.21 Å². The number of carbonyl (C=O) groups excluding carboxylic acids is 1. The third-order valence-electron chi connectivity index (χ3n) is 3.58. The Balaban J connectivity index is 1.68. The highest BCUT2D eigenvalue weighted by molar-refractivity contribution is 9.10. The van der Waals surface area contributed by atoms with E-state index in [1.807, 2.05) is 66.7 Å². The first-order chi connectivity index (χ1) is 11.7. The zero-order valence-electron chi connectivity index (χ0n) is 12.9. The Kier molecular flexibility index (Phi) is 5.46. The summed E-state index contributed by atoms with van der Waals surface area (Å²) in [6.07, 6.45) is 1.63. The molecule has 0 aliphatic heterocycles. The Morgan fingerprint density at radius 2 is 1.75 bits per heavy atom. The van der Waals surface area contributed by atoms with Crippen LogP contribution in [0.3, 0.4) is 0 Å². The van der Waals surface area contributed by atoms with Crippen LogP contribution in [0.25, 0.3) is 0 Å². The second-order valence-electron chi connectivity index (χ2n) is 5.27. The normalized spacial score (nSPS) is 11.9. The summed E-state index contributed by atoms with van der Waals surface area (Å²) >= 11 is 3.42. The molecule has 3 rings (SSSR count). The van der Waals surface area contributed by atoms with E-state index in [-0.39, 0.29) is 18.5 Å². The van der Waals surface area contributed by atoms with Gasteiger partial charge in [0.1, 0.15) is 5.76 Å². The molecule has 0 spiro atoms. The van der Waals surface area contributed by atoms with E-state index in [1.54, 1.807) is 6.26 Å². The van der Waals surface area contributed by atoms with Gasteiger partial charge in [-0.1, -0.05) is 42.5 Å². The van der Waals surface area contributed by atoms with Crippen LogP contribution in [0.2, 0.25) is 0 Å². The van der Waals surface area contributed by atoms with Crippen molar-refractivity contribution in [2.75, 3.05) is 11.9 Å². The molecule has 0 aliphatic carbocycles. The fraction of sp³-hybridized carbons (Fsp3) is 0.105. The van der Waals surface area contributed by atoms with E-state index in [0.717, 1.165) is 21.5 Å². The molecule has 0 radical (unpaired) electrons. The maximum atomic E-state index is 12.2. The topological polar surface area (TPSA) is 54.3 Å². The highest BCUT2D eigenvalue weighted by atomic mass is 79.9. The maximum absolute atomic E-state index is 12.2. The number of rotatable bonds is 6. The number of benzene rings is 2. The van der Waals surface area contributed by atoms with E-state index < -0.39 is 0 Å². The highest BCUT2D eigenvalue weighted by Gasteiger charge is 2.17. The van der Waals surface area contributed by atoms with Gasteiger partial charge < -0.3 is 9.73 Å². The van der Waals surface area contributed by atoms with Gasteiger partial charge in [-0.2, -0.15) is 0 Å². The summed E-state index contributed by atoms with van der Waals surface area (Å²) in [6.45, 7) is 0.168. The molecule has 1 atom stereocenters. The second-order valence-corrected chi connectivity index (χ2v) is 6.12. The van der Waals surface area contributed by atoms with E-state index in [4.69, 9.17) is 4.42 Å². The second kappa shape index (κ2) is 7.95. The number of carbonyl (C=O) groups is 1. The van der Waals surface area contributed by atoms with E-state index in [1.165, 1.54) is 0 Å². The molecule has 4 nitrogen and oxygen atoms in total. The molecule has 24 heavy (non-hydrogen) atoms. The van der Waals surface area contributed by atoms with Gasteiger partial charge in [0.25, 0.3) is 0 Å². The number of anilines is 1. The predicted molar refractivity (Wildman–Crippen MR) is 97.8 cm³/mol. The van der Waals surface area contributed by atoms with Gasteiger partial charge >= 0.3 is 0 Å². The van der Waals surface area contributed by atoms with Crippen LogP contribution >= 0.6 is 15.9 Å². The van der Waals surface area contributed by atoms with Crippen LogP contribution < -0.4 is 10.6 Å². The highest BCUT2D eigenvalue weighted by Crippen LogP contribution is 2.23. The molecule has 2 aromatic carbocycles. The van der Waals surface area contributed by atoms with Gasteiger partial charge in [-0.25, -0.2) is 0 Å². The molecule has 0 aliphatic rings. The van der Waals surface area contributed by atoms with Gasteiger partial charge in [-0.3, -0.25) is 10.1 Å². The molecular formula is C19H17BrN2O2. The molecule has 1 heterocycles. The lowest BCUT2D eigenvalue weighted by Crippen LogP contribution is -2.31. The molecule has 3 aromatic rings. The van der Waals surface area contributed by atoms with Gasteiger partial charge in [0.2, 0.25) is 5.91 Å². The lowest BCUT2D eigenvalue weighted by molar-refractivity contribution is -0.115. The van der Waals surface area contributed by atoms with Crippen molar-refractivity contribution in [2.24, 2.45) is 0 Å². The molecule has 0 saturated heterocycles. The molecule has 0 unspecified atom stereocenters. The molecule has 0 bridgehead atoms. The SMILES string of the molecule is O=C(CN[C@H](c1ccccc1)c1ccco1)Nc1ccccc1Br. The van der Waals surface area contributed by atoms with Crippen molar-refractivity contribution in [3.8, 4) is 0 Å². The summed E-state index contributed by atoms with van der Waals surface area (Å²) in [7, 11) is 0. The summed E-state index contributed by atoms with van der Waals surface area (Å²) in [5.41, 5.74) is 1.79. The zero-order valence-corrected chi connectivity index (χ0v) is 14.5. The number of hydrogen-bond acceptors (Lipinski definition) is 3. The summed E-state index contributed by atoms with van der Waals surface area (Å²) in [5.74, 6) is 0.657. The predicted octanol–water partition coefficient (Wildman–Crippen LogP) is 4.36. The van der Waals surface area contributed by atoms with Gasteiger partial charge in [0, 0.05) is 4.47 Å². The maximum Gasteiger partial charge on any atom is 0.238 e. The third kappa shape index (κ3) is 4.13.